The summed E-state index contributed by atoms with van der Waals surface area (Å²) in [5.41, 5.74) is 4.20. The van der Waals surface area contributed by atoms with E-state index in [1.54, 1.807) is 32.3 Å². The Kier molecular flexibility index (Phi) is 6.28. The van der Waals surface area contributed by atoms with Crippen LogP contribution in [0.5, 0.6) is 0 Å². The van der Waals surface area contributed by atoms with Gasteiger partial charge >= 0.3 is 5.97 Å². The highest BCUT2D eigenvalue weighted by Gasteiger charge is 2.20. The summed E-state index contributed by atoms with van der Waals surface area (Å²) in [5.74, 6) is -0.513. The largest absolute Gasteiger partial charge is 0.462 e. The molecule has 0 unspecified atom stereocenters. The first-order valence-corrected chi connectivity index (χ1v) is 8.77. The molecule has 0 fully saturated rings. The van der Waals surface area contributed by atoms with Crippen LogP contribution in [0.25, 0.3) is 16.6 Å². The van der Waals surface area contributed by atoms with Gasteiger partial charge in [-0.05, 0) is 37.6 Å². The average Bonchev–Trinajstić information content (AvgIpc) is 3.07. The van der Waals surface area contributed by atoms with Crippen LogP contribution in [0.4, 0.5) is 0 Å². The van der Waals surface area contributed by atoms with Gasteiger partial charge in [0.1, 0.15) is 0 Å². The van der Waals surface area contributed by atoms with Gasteiger partial charge in [0.05, 0.1) is 17.9 Å². The zero-order chi connectivity index (χ0) is 19.3. The standard InChI is InChI=1S/C19H18N2O3.C2H6/c1-4-24-19(23)17-9-16-8-15(14-6-5-7-20-10-14)11-21(16)18(12(17)2)13(3)22;1-2/h5-11H,4H2,1-3H3;1-2H3. The summed E-state index contributed by atoms with van der Waals surface area (Å²) >= 11 is 0. The van der Waals surface area contributed by atoms with Crippen molar-refractivity contribution in [2.45, 2.75) is 34.6 Å². The van der Waals surface area contributed by atoms with Crippen LogP contribution in [0.1, 0.15) is 54.1 Å². The monoisotopic (exact) mass is 352 g/mol. The van der Waals surface area contributed by atoms with Gasteiger partial charge < -0.3 is 9.14 Å². The molecule has 0 aliphatic carbocycles. The quantitative estimate of drug-likeness (QED) is 0.504. The molecule has 0 aliphatic rings. The van der Waals surface area contributed by atoms with E-state index >= 15 is 0 Å². The van der Waals surface area contributed by atoms with Gasteiger partial charge in [0.25, 0.3) is 0 Å². The molecule has 0 N–H and O–H groups in total. The van der Waals surface area contributed by atoms with Crippen LogP contribution >= 0.6 is 0 Å². The number of hydrogen-bond acceptors (Lipinski definition) is 4. The molecule has 0 bridgehead atoms. The smallest absolute Gasteiger partial charge is 0.338 e. The van der Waals surface area contributed by atoms with Crippen molar-refractivity contribution in [3.8, 4) is 11.1 Å². The van der Waals surface area contributed by atoms with Crippen molar-refractivity contribution in [2.75, 3.05) is 6.61 Å². The number of esters is 1. The molecule has 0 amide bonds. The third-order valence-corrected chi connectivity index (χ3v) is 3.97. The number of aromatic nitrogens is 2. The van der Waals surface area contributed by atoms with E-state index in [0.717, 1.165) is 16.6 Å². The minimum absolute atomic E-state index is 0.100. The Morgan fingerprint density at radius 2 is 1.92 bits per heavy atom. The third kappa shape index (κ3) is 3.67. The Balaban J connectivity index is 0.00000117. The molecular formula is C21H24N2O3. The van der Waals surface area contributed by atoms with Gasteiger partial charge in [-0.1, -0.05) is 19.9 Å². The number of fused-ring (bicyclic) bond motifs is 1. The minimum Gasteiger partial charge on any atom is -0.462 e. The fraction of sp³-hybridized carbons (Fsp3) is 0.286. The highest BCUT2D eigenvalue weighted by Crippen LogP contribution is 2.27. The third-order valence-electron chi connectivity index (χ3n) is 3.97. The van der Waals surface area contributed by atoms with Crippen molar-refractivity contribution in [3.05, 3.63) is 59.7 Å². The molecule has 136 valence electrons. The molecule has 0 aliphatic heterocycles. The van der Waals surface area contributed by atoms with Crippen molar-refractivity contribution in [1.82, 2.24) is 9.38 Å². The van der Waals surface area contributed by atoms with Crippen molar-refractivity contribution in [2.24, 2.45) is 0 Å². The van der Waals surface area contributed by atoms with Gasteiger partial charge in [-0.3, -0.25) is 9.78 Å². The van der Waals surface area contributed by atoms with E-state index in [2.05, 4.69) is 4.98 Å². The van der Waals surface area contributed by atoms with Crippen LogP contribution in [0.3, 0.4) is 0 Å². The Morgan fingerprint density at radius 1 is 1.19 bits per heavy atom. The van der Waals surface area contributed by atoms with E-state index < -0.39 is 5.97 Å². The SMILES string of the molecule is CC.CCOC(=O)c1cc2cc(-c3cccnc3)cn2c(C(C)=O)c1C. The van der Waals surface area contributed by atoms with E-state index in [-0.39, 0.29) is 5.78 Å². The second kappa shape index (κ2) is 8.43. The number of carbonyl (C=O) groups is 2. The van der Waals surface area contributed by atoms with Gasteiger partial charge in [0.15, 0.2) is 5.78 Å². The van der Waals surface area contributed by atoms with E-state index in [9.17, 15) is 9.59 Å². The number of ketones is 1. The van der Waals surface area contributed by atoms with Gasteiger partial charge in [0.2, 0.25) is 0 Å². The summed E-state index contributed by atoms with van der Waals surface area (Å²) < 4.78 is 6.94. The topological polar surface area (TPSA) is 60.7 Å². The maximum Gasteiger partial charge on any atom is 0.338 e. The first-order valence-electron chi connectivity index (χ1n) is 8.77. The van der Waals surface area contributed by atoms with E-state index in [1.165, 1.54) is 6.92 Å². The molecule has 0 saturated carbocycles. The van der Waals surface area contributed by atoms with Crippen molar-refractivity contribution in [1.29, 1.82) is 0 Å². The van der Waals surface area contributed by atoms with Crippen LogP contribution in [-0.4, -0.2) is 27.7 Å². The first-order chi connectivity index (χ1) is 12.5. The molecule has 3 rings (SSSR count). The molecule has 0 spiro atoms. The lowest BCUT2D eigenvalue weighted by Gasteiger charge is -2.12. The summed E-state index contributed by atoms with van der Waals surface area (Å²) in [6.45, 7) is 9.32. The highest BCUT2D eigenvalue weighted by molar-refractivity contribution is 6.01. The lowest BCUT2D eigenvalue weighted by Crippen LogP contribution is -2.13. The minimum atomic E-state index is -0.413. The van der Waals surface area contributed by atoms with E-state index in [4.69, 9.17) is 4.74 Å². The number of carbonyl (C=O) groups excluding carboxylic acids is 2. The maximum atomic E-state index is 12.2. The summed E-state index contributed by atoms with van der Waals surface area (Å²) in [4.78, 5) is 28.5. The first kappa shape index (κ1) is 19.4. The summed E-state index contributed by atoms with van der Waals surface area (Å²) in [5, 5.41) is 0. The Morgan fingerprint density at radius 3 is 2.50 bits per heavy atom. The second-order valence-corrected chi connectivity index (χ2v) is 5.57. The van der Waals surface area contributed by atoms with Gasteiger partial charge in [-0.25, -0.2) is 4.79 Å². The Hall–Kier alpha value is -2.95. The molecule has 0 radical (unpaired) electrons. The number of hydrogen-bond donors (Lipinski definition) is 0. The lowest BCUT2D eigenvalue weighted by molar-refractivity contribution is 0.0525. The van der Waals surface area contributed by atoms with E-state index in [1.807, 2.05) is 42.6 Å². The summed E-state index contributed by atoms with van der Waals surface area (Å²) in [6.07, 6.45) is 5.37. The normalized spacial score (nSPS) is 10.2. The molecule has 5 nitrogen and oxygen atoms in total. The van der Waals surface area contributed by atoms with Crippen molar-refractivity contribution in [3.63, 3.8) is 0 Å². The van der Waals surface area contributed by atoms with Crippen LogP contribution in [0.2, 0.25) is 0 Å². The number of nitrogens with zero attached hydrogens (tertiary/aromatic N) is 2. The fourth-order valence-electron chi connectivity index (χ4n) is 2.89. The molecular weight excluding hydrogens is 328 g/mol. The number of ether oxygens (including phenoxy) is 1. The number of rotatable bonds is 4. The van der Waals surface area contributed by atoms with Crippen LogP contribution in [-0.2, 0) is 4.74 Å². The Labute approximate surface area is 153 Å². The second-order valence-electron chi connectivity index (χ2n) is 5.57. The van der Waals surface area contributed by atoms with Crippen molar-refractivity contribution < 1.29 is 14.3 Å². The molecule has 3 aromatic rings. The molecule has 0 aromatic carbocycles. The molecule has 26 heavy (non-hydrogen) atoms. The predicted octanol–water partition coefficient (Wildman–Crippen LogP) is 4.72. The zero-order valence-electron chi connectivity index (χ0n) is 15.9. The van der Waals surface area contributed by atoms with Gasteiger partial charge in [-0.15, -0.1) is 0 Å². The predicted molar refractivity (Wildman–Crippen MR) is 103 cm³/mol. The van der Waals surface area contributed by atoms with Gasteiger partial charge in [0, 0.05) is 42.2 Å². The molecule has 0 atom stereocenters. The van der Waals surface area contributed by atoms with E-state index in [0.29, 0.717) is 23.4 Å². The zero-order valence-corrected chi connectivity index (χ0v) is 15.9. The van der Waals surface area contributed by atoms with Crippen LogP contribution in [0.15, 0.2) is 42.9 Å². The molecule has 3 aromatic heterocycles. The molecule has 0 saturated heterocycles. The van der Waals surface area contributed by atoms with Crippen LogP contribution in [0, 0.1) is 6.92 Å². The number of pyridine rings is 2. The molecule has 5 heteroatoms. The summed E-state index contributed by atoms with van der Waals surface area (Å²) in [7, 11) is 0. The lowest BCUT2D eigenvalue weighted by atomic mass is 10.0. The fourth-order valence-corrected chi connectivity index (χ4v) is 2.89. The van der Waals surface area contributed by atoms with Crippen molar-refractivity contribution >= 4 is 17.3 Å². The maximum absolute atomic E-state index is 12.2. The summed E-state index contributed by atoms with van der Waals surface area (Å²) in [6, 6.07) is 7.51. The average molecular weight is 352 g/mol. The number of Topliss-reactive ketones (excluding diaryl/α,β-unsaturated/α-hetero) is 1. The van der Waals surface area contributed by atoms with Gasteiger partial charge in [-0.2, -0.15) is 0 Å². The van der Waals surface area contributed by atoms with Crippen LogP contribution < -0.4 is 0 Å². The highest BCUT2D eigenvalue weighted by atomic mass is 16.5. The Bertz CT molecular complexity index is 927. The molecule has 3 heterocycles.